The van der Waals surface area contributed by atoms with Gasteiger partial charge >= 0.3 is 0 Å². The summed E-state index contributed by atoms with van der Waals surface area (Å²) in [5.74, 6) is -0.223. The average Bonchev–Trinajstić information content (AvgIpc) is 3.20. The molecule has 2 aromatic carbocycles. The molecule has 7 heteroatoms. The Hall–Kier alpha value is -3.61. The van der Waals surface area contributed by atoms with Gasteiger partial charge in [-0.2, -0.15) is 0 Å². The van der Waals surface area contributed by atoms with E-state index in [2.05, 4.69) is 26.1 Å². The van der Waals surface area contributed by atoms with Gasteiger partial charge in [-0.25, -0.2) is 0 Å². The van der Waals surface area contributed by atoms with Crippen LogP contribution in [0.15, 0.2) is 60.4 Å². The van der Waals surface area contributed by atoms with Crippen LogP contribution in [0, 0.1) is 0 Å². The fraction of sp³-hybridized carbons (Fsp3) is 0.370. The third-order valence-electron chi connectivity index (χ3n) is 6.26. The molecule has 0 bridgehead atoms. The van der Waals surface area contributed by atoms with Gasteiger partial charge in [-0.3, -0.25) is 14.4 Å². The summed E-state index contributed by atoms with van der Waals surface area (Å²) in [5.41, 5.74) is 2.30. The van der Waals surface area contributed by atoms with E-state index in [4.69, 9.17) is 4.74 Å². The zero-order chi connectivity index (χ0) is 24.5. The van der Waals surface area contributed by atoms with Crippen molar-refractivity contribution >= 4 is 17.6 Å². The fourth-order valence-electron chi connectivity index (χ4n) is 4.31. The van der Waals surface area contributed by atoms with Crippen molar-refractivity contribution in [2.45, 2.75) is 51.1 Å². The van der Waals surface area contributed by atoms with Gasteiger partial charge in [-0.05, 0) is 53.3 Å². The highest BCUT2D eigenvalue weighted by molar-refractivity contribution is 5.99. The third kappa shape index (κ3) is 4.98. The number of aromatic hydroxyl groups is 1. The number of phenols is 1. The molecule has 1 fully saturated rings. The van der Waals surface area contributed by atoms with Gasteiger partial charge in [-0.1, -0.05) is 45.0 Å². The Kier molecular flexibility index (Phi) is 6.46. The van der Waals surface area contributed by atoms with E-state index in [1.54, 1.807) is 36.4 Å². The van der Waals surface area contributed by atoms with E-state index in [9.17, 15) is 19.5 Å². The summed E-state index contributed by atoms with van der Waals surface area (Å²) in [5, 5.41) is 12.5. The number of hydrogen-bond acceptors (Lipinski definition) is 5. The lowest BCUT2D eigenvalue weighted by Crippen LogP contribution is -2.55. The molecular formula is C27H30N2O5. The molecule has 0 spiro atoms. The number of carbonyl (C=O) groups is 3. The number of carbonyl (C=O) groups excluding carboxylic acids is 3. The van der Waals surface area contributed by atoms with Gasteiger partial charge in [-0.15, -0.1) is 0 Å². The maximum atomic E-state index is 13.6. The molecule has 0 radical (unpaired) electrons. The second-order valence-electron chi connectivity index (χ2n) is 9.81. The quantitative estimate of drug-likeness (QED) is 0.712. The van der Waals surface area contributed by atoms with Crippen LogP contribution in [0.5, 0.6) is 5.75 Å². The Bertz CT molecular complexity index is 1110. The third-order valence-corrected chi connectivity index (χ3v) is 6.26. The zero-order valence-corrected chi connectivity index (χ0v) is 19.7. The van der Waals surface area contributed by atoms with Gasteiger partial charge in [0.05, 0.1) is 0 Å². The molecule has 0 saturated carbocycles. The highest BCUT2D eigenvalue weighted by Gasteiger charge is 2.42. The molecule has 2 aromatic rings. The van der Waals surface area contributed by atoms with Gasteiger partial charge in [0, 0.05) is 18.5 Å². The summed E-state index contributed by atoms with van der Waals surface area (Å²) in [6, 6.07) is 12.3. The van der Waals surface area contributed by atoms with E-state index in [0.717, 1.165) is 11.1 Å². The van der Waals surface area contributed by atoms with Crippen LogP contribution in [-0.4, -0.2) is 52.8 Å². The molecule has 2 aliphatic heterocycles. The number of hydrogen-bond donors (Lipinski definition) is 2. The van der Waals surface area contributed by atoms with Gasteiger partial charge in [0.2, 0.25) is 5.91 Å². The Labute approximate surface area is 199 Å². The summed E-state index contributed by atoms with van der Waals surface area (Å²) in [4.78, 5) is 40.7. The Morgan fingerprint density at radius 2 is 1.79 bits per heavy atom. The standard InChI is InChI=1S/C27H30N2O5/c1-27(2,3)19-10-8-18(9-11-19)25(32)28-21(15-17-6-12-20(30)13-7-17)26(33)29-14-4-5-23-24(29)22(31)16-34-23/h5-13,21,24,30H,4,14-16H2,1-3H3,(H,28,32). The monoisotopic (exact) mass is 462 g/mol. The second kappa shape index (κ2) is 9.33. The minimum atomic E-state index is -0.882. The smallest absolute Gasteiger partial charge is 0.251 e. The zero-order valence-electron chi connectivity index (χ0n) is 19.7. The van der Waals surface area contributed by atoms with Crippen molar-refractivity contribution in [2.24, 2.45) is 0 Å². The lowest BCUT2D eigenvalue weighted by Gasteiger charge is -2.33. The van der Waals surface area contributed by atoms with Crippen LogP contribution in [0.3, 0.4) is 0 Å². The van der Waals surface area contributed by atoms with Crippen molar-refractivity contribution in [3.63, 3.8) is 0 Å². The fourth-order valence-corrected chi connectivity index (χ4v) is 4.31. The van der Waals surface area contributed by atoms with E-state index in [-0.39, 0.29) is 41.8 Å². The van der Waals surface area contributed by atoms with E-state index in [1.165, 1.54) is 4.90 Å². The van der Waals surface area contributed by atoms with E-state index < -0.39 is 12.1 Å². The van der Waals surface area contributed by atoms with Crippen LogP contribution in [0.4, 0.5) is 0 Å². The number of fused-ring (bicyclic) bond motifs is 1. The van der Waals surface area contributed by atoms with Crippen molar-refractivity contribution in [1.82, 2.24) is 10.2 Å². The van der Waals surface area contributed by atoms with E-state index in [0.29, 0.717) is 24.3 Å². The number of phenolic OH excluding ortho intramolecular Hbond substituents is 1. The largest absolute Gasteiger partial charge is 0.508 e. The first-order valence-electron chi connectivity index (χ1n) is 11.5. The number of rotatable bonds is 5. The van der Waals surface area contributed by atoms with Crippen LogP contribution in [0.25, 0.3) is 0 Å². The predicted molar refractivity (Wildman–Crippen MR) is 127 cm³/mol. The molecule has 2 unspecified atom stereocenters. The molecule has 2 N–H and O–H groups in total. The van der Waals surface area contributed by atoms with Crippen molar-refractivity contribution in [3.05, 3.63) is 77.1 Å². The SMILES string of the molecule is CC(C)(C)c1ccc(C(=O)NC(Cc2ccc(O)cc2)C(=O)N2CCC=C3OCC(=O)C32)cc1. The number of nitrogens with one attached hydrogen (secondary N) is 1. The lowest BCUT2D eigenvalue weighted by atomic mass is 9.86. The first-order valence-corrected chi connectivity index (χ1v) is 11.5. The molecule has 2 atom stereocenters. The summed E-state index contributed by atoms with van der Waals surface area (Å²) in [7, 11) is 0. The Morgan fingerprint density at radius 3 is 2.44 bits per heavy atom. The topological polar surface area (TPSA) is 95.9 Å². The first kappa shape index (κ1) is 23.5. The normalized spacial score (nSPS) is 18.6. The molecule has 2 aliphatic rings. The summed E-state index contributed by atoms with van der Waals surface area (Å²) in [6.45, 7) is 6.64. The van der Waals surface area contributed by atoms with Crippen LogP contribution in [0.1, 0.15) is 48.7 Å². The van der Waals surface area contributed by atoms with Crippen molar-refractivity contribution in [3.8, 4) is 5.75 Å². The number of benzene rings is 2. The summed E-state index contributed by atoms with van der Waals surface area (Å²) in [6.07, 6.45) is 2.66. The predicted octanol–water partition coefficient (Wildman–Crippen LogP) is 3.11. The lowest BCUT2D eigenvalue weighted by molar-refractivity contribution is -0.139. The summed E-state index contributed by atoms with van der Waals surface area (Å²) >= 11 is 0. The number of ether oxygens (including phenoxy) is 1. The molecule has 7 nitrogen and oxygen atoms in total. The van der Waals surface area contributed by atoms with Crippen LogP contribution >= 0.6 is 0 Å². The highest BCUT2D eigenvalue weighted by atomic mass is 16.5. The van der Waals surface area contributed by atoms with Gasteiger partial charge in [0.25, 0.3) is 5.91 Å². The molecule has 178 valence electrons. The van der Waals surface area contributed by atoms with Gasteiger partial charge < -0.3 is 20.1 Å². The molecular weight excluding hydrogens is 432 g/mol. The molecule has 34 heavy (non-hydrogen) atoms. The second-order valence-corrected chi connectivity index (χ2v) is 9.81. The van der Waals surface area contributed by atoms with Crippen molar-refractivity contribution in [2.75, 3.05) is 13.2 Å². The number of ketones is 1. The highest BCUT2D eigenvalue weighted by Crippen LogP contribution is 2.27. The Balaban J connectivity index is 1.58. The van der Waals surface area contributed by atoms with E-state index in [1.807, 2.05) is 18.2 Å². The number of Topliss-reactive ketones (excluding diaryl/α,β-unsaturated/α-hetero) is 1. The minimum Gasteiger partial charge on any atom is -0.508 e. The van der Waals surface area contributed by atoms with Crippen molar-refractivity contribution < 1.29 is 24.2 Å². The molecule has 4 rings (SSSR count). The first-order chi connectivity index (χ1) is 16.1. The number of nitrogens with zero attached hydrogens (tertiary/aromatic N) is 1. The average molecular weight is 463 g/mol. The van der Waals surface area contributed by atoms with Crippen LogP contribution in [-0.2, 0) is 26.2 Å². The van der Waals surface area contributed by atoms with Crippen LogP contribution < -0.4 is 5.32 Å². The van der Waals surface area contributed by atoms with Gasteiger partial charge in [0.1, 0.15) is 24.2 Å². The molecule has 2 heterocycles. The number of amides is 2. The summed E-state index contributed by atoms with van der Waals surface area (Å²) < 4.78 is 5.45. The van der Waals surface area contributed by atoms with Gasteiger partial charge in [0.15, 0.2) is 11.8 Å². The molecule has 1 saturated heterocycles. The minimum absolute atomic E-state index is 0.0399. The Morgan fingerprint density at radius 1 is 1.12 bits per heavy atom. The van der Waals surface area contributed by atoms with E-state index >= 15 is 0 Å². The molecule has 0 aliphatic carbocycles. The van der Waals surface area contributed by atoms with Crippen LogP contribution in [0.2, 0.25) is 0 Å². The maximum Gasteiger partial charge on any atom is 0.251 e. The molecule has 2 amide bonds. The van der Waals surface area contributed by atoms with Crippen molar-refractivity contribution in [1.29, 1.82) is 0 Å². The molecule has 0 aromatic heterocycles. The maximum absolute atomic E-state index is 13.6.